The van der Waals surface area contributed by atoms with Crippen LogP contribution in [0, 0.1) is 13.8 Å². The molecule has 0 N–H and O–H groups in total. The summed E-state index contributed by atoms with van der Waals surface area (Å²) in [6.07, 6.45) is 0. The molecule has 2 aromatic heterocycles. The Labute approximate surface area is 63.8 Å². The molecule has 11 heavy (non-hydrogen) atoms. The van der Waals surface area contributed by atoms with Gasteiger partial charge in [0.2, 0.25) is 0 Å². The number of fused-ring (bicyclic) bond motifs is 3. The third kappa shape index (κ3) is 0.755. The third-order valence-corrected chi connectivity index (χ3v) is 1.94. The molecule has 0 unspecified atom stereocenters. The molecule has 0 aliphatic heterocycles. The summed E-state index contributed by atoms with van der Waals surface area (Å²) in [6.45, 7) is 3.85. The lowest BCUT2D eigenvalue weighted by Gasteiger charge is -2.03. The average Bonchev–Trinajstić information content (AvgIpc) is 1.93. The van der Waals surface area contributed by atoms with Crippen molar-refractivity contribution in [3.63, 3.8) is 0 Å². The largest absolute Gasteiger partial charge is 0.423 e. The van der Waals surface area contributed by atoms with Crippen LogP contribution in [0.2, 0.25) is 0 Å². The monoisotopic (exact) mass is 148 g/mol. The van der Waals surface area contributed by atoms with Crippen LogP contribution in [0.3, 0.4) is 0 Å². The van der Waals surface area contributed by atoms with E-state index in [1.165, 1.54) is 0 Å². The summed E-state index contributed by atoms with van der Waals surface area (Å²) >= 11 is 0. The molecular weight excluding hydrogens is 140 g/mol. The highest BCUT2D eigenvalue weighted by Gasteiger charge is 2.06. The fourth-order valence-electron chi connectivity index (χ4n) is 1.27. The minimum Gasteiger partial charge on any atom is -0.423 e. The van der Waals surface area contributed by atoms with Gasteiger partial charge in [-0.2, -0.15) is 0 Å². The molecule has 0 radical (unpaired) electrons. The molecule has 56 valence electrons. The van der Waals surface area contributed by atoms with Crippen LogP contribution in [0.25, 0.3) is 11.0 Å². The zero-order valence-corrected chi connectivity index (χ0v) is 6.47. The van der Waals surface area contributed by atoms with Gasteiger partial charge in [-0.1, -0.05) is 0 Å². The fourth-order valence-corrected chi connectivity index (χ4v) is 1.27. The van der Waals surface area contributed by atoms with Crippen molar-refractivity contribution in [3.8, 4) is 0 Å². The number of benzene rings is 1. The van der Waals surface area contributed by atoms with E-state index in [0.717, 1.165) is 11.1 Å². The molecule has 0 saturated carbocycles. The smallest absolute Gasteiger partial charge is 0.343 e. The lowest BCUT2D eigenvalue weighted by atomic mass is 10.1. The van der Waals surface area contributed by atoms with Gasteiger partial charge < -0.3 is 4.42 Å². The quantitative estimate of drug-likeness (QED) is 0.570. The van der Waals surface area contributed by atoms with Crippen LogP contribution in [0.15, 0.2) is 21.3 Å². The predicted molar refractivity (Wildman–Crippen MR) is 43.1 cm³/mol. The van der Waals surface area contributed by atoms with E-state index in [1.54, 1.807) is 0 Å². The minimum atomic E-state index is -0.217. The highest BCUT2D eigenvalue weighted by molar-refractivity contribution is 5.69. The Kier molecular flexibility index (Phi) is 1.07. The Hall–Kier alpha value is -1.31. The van der Waals surface area contributed by atoms with Gasteiger partial charge >= 0.3 is 5.63 Å². The van der Waals surface area contributed by atoms with Crippen LogP contribution in [0.1, 0.15) is 11.1 Å². The molecular formula is C9H8O2. The van der Waals surface area contributed by atoms with Gasteiger partial charge in [0.1, 0.15) is 5.58 Å². The second kappa shape index (κ2) is 1.84. The van der Waals surface area contributed by atoms with Gasteiger partial charge in [-0.25, -0.2) is 4.79 Å². The maximum absolute atomic E-state index is 11.0. The molecule has 0 aliphatic rings. The summed E-state index contributed by atoms with van der Waals surface area (Å²) in [6, 6.07) is 3.77. The van der Waals surface area contributed by atoms with Gasteiger partial charge in [0.15, 0.2) is 0 Å². The molecule has 3 aromatic rings. The Bertz CT molecular complexity index is 440. The van der Waals surface area contributed by atoms with Crippen LogP contribution in [0.5, 0.6) is 0 Å². The first-order valence-corrected chi connectivity index (χ1v) is 3.52. The molecule has 2 nitrogen and oxygen atoms in total. The van der Waals surface area contributed by atoms with E-state index in [4.69, 9.17) is 4.42 Å². The molecule has 0 fully saturated rings. The normalized spacial score (nSPS) is 11.1. The lowest BCUT2D eigenvalue weighted by molar-refractivity contribution is 0.558. The van der Waals surface area contributed by atoms with E-state index in [9.17, 15) is 4.79 Å². The van der Waals surface area contributed by atoms with Crippen LogP contribution in [-0.4, -0.2) is 0 Å². The second-order valence-electron chi connectivity index (χ2n) is 2.82. The highest BCUT2D eigenvalue weighted by Crippen LogP contribution is 2.17. The molecule has 0 amide bonds. The van der Waals surface area contributed by atoms with Crippen molar-refractivity contribution >= 4 is 11.0 Å². The zero-order chi connectivity index (χ0) is 8.01. The number of rotatable bonds is 0. The molecule has 0 atom stereocenters. The van der Waals surface area contributed by atoms with E-state index >= 15 is 0 Å². The summed E-state index contributed by atoms with van der Waals surface area (Å²) in [5.74, 6) is 0. The molecule has 1 aromatic carbocycles. The molecule has 0 saturated heterocycles. The van der Waals surface area contributed by atoms with E-state index in [1.807, 2.05) is 26.0 Å². The first kappa shape index (κ1) is 6.40. The molecule has 2 heterocycles. The lowest BCUT2D eigenvalue weighted by Crippen LogP contribution is -2.03. The molecule has 0 spiro atoms. The van der Waals surface area contributed by atoms with E-state index in [-0.39, 0.29) is 5.63 Å². The van der Waals surface area contributed by atoms with Crippen molar-refractivity contribution in [1.82, 2.24) is 0 Å². The van der Waals surface area contributed by atoms with Crippen molar-refractivity contribution in [3.05, 3.63) is 33.7 Å². The van der Waals surface area contributed by atoms with Gasteiger partial charge in [-0.05, 0) is 37.1 Å². The van der Waals surface area contributed by atoms with Crippen LogP contribution < -0.4 is 5.63 Å². The number of hydrogen-bond donors (Lipinski definition) is 0. The van der Waals surface area contributed by atoms with Gasteiger partial charge in [-0.15, -0.1) is 0 Å². The van der Waals surface area contributed by atoms with Crippen LogP contribution in [0.4, 0.5) is 0 Å². The Morgan fingerprint density at radius 2 is 1.91 bits per heavy atom. The van der Waals surface area contributed by atoms with Crippen molar-refractivity contribution in [2.45, 2.75) is 13.8 Å². The van der Waals surface area contributed by atoms with Gasteiger partial charge in [0.25, 0.3) is 0 Å². The van der Waals surface area contributed by atoms with Crippen molar-refractivity contribution in [2.24, 2.45) is 0 Å². The van der Waals surface area contributed by atoms with Crippen LogP contribution >= 0.6 is 0 Å². The predicted octanol–water partition coefficient (Wildman–Crippen LogP) is 1.85. The highest BCUT2D eigenvalue weighted by atomic mass is 16.4. The molecule has 3 rings (SSSR count). The Morgan fingerprint density at radius 3 is 2.36 bits per heavy atom. The Balaban J connectivity index is 3.08. The third-order valence-electron chi connectivity index (χ3n) is 1.94. The summed E-state index contributed by atoms with van der Waals surface area (Å²) in [4.78, 5) is 11.0. The first-order chi connectivity index (χ1) is 5.18. The summed E-state index contributed by atoms with van der Waals surface area (Å²) in [5.41, 5.74) is 2.51. The average molecular weight is 148 g/mol. The van der Waals surface area contributed by atoms with Gasteiger partial charge in [-0.3, -0.25) is 0 Å². The zero-order valence-electron chi connectivity index (χ0n) is 6.47. The van der Waals surface area contributed by atoms with Crippen LogP contribution in [-0.2, 0) is 0 Å². The standard InChI is InChI=1S/C9H8O2/c1-5-4-8-6(2)3-7(5)9(10)11-8/h3-4H,1-2H3. The number of aryl methyl sites for hydroxylation is 2. The maximum Gasteiger partial charge on any atom is 0.343 e. The van der Waals surface area contributed by atoms with E-state index in [2.05, 4.69) is 0 Å². The first-order valence-electron chi connectivity index (χ1n) is 3.52. The van der Waals surface area contributed by atoms with E-state index in [0.29, 0.717) is 11.0 Å². The topological polar surface area (TPSA) is 30.2 Å². The molecule has 2 bridgehead atoms. The summed E-state index contributed by atoms with van der Waals surface area (Å²) in [7, 11) is 0. The van der Waals surface area contributed by atoms with E-state index < -0.39 is 0 Å². The second-order valence-corrected chi connectivity index (χ2v) is 2.82. The maximum atomic E-state index is 11.0. The van der Waals surface area contributed by atoms with Crippen molar-refractivity contribution < 1.29 is 4.42 Å². The molecule has 2 heteroatoms. The van der Waals surface area contributed by atoms with Crippen molar-refractivity contribution in [2.75, 3.05) is 0 Å². The summed E-state index contributed by atoms with van der Waals surface area (Å²) in [5, 5.41) is 0.692. The minimum absolute atomic E-state index is 0.217. The number of hydrogen-bond acceptors (Lipinski definition) is 2. The van der Waals surface area contributed by atoms with Gasteiger partial charge in [0.05, 0.1) is 5.39 Å². The Morgan fingerprint density at radius 1 is 1.18 bits per heavy atom. The fraction of sp³-hybridized carbons (Fsp3) is 0.222. The SMILES string of the molecule is Cc1cc2c(C)cc1oc2=O. The molecule has 0 aliphatic carbocycles. The van der Waals surface area contributed by atoms with Gasteiger partial charge in [0, 0.05) is 0 Å². The summed E-state index contributed by atoms with van der Waals surface area (Å²) < 4.78 is 4.96. The van der Waals surface area contributed by atoms with Crippen molar-refractivity contribution in [1.29, 1.82) is 0 Å².